The van der Waals surface area contributed by atoms with Crippen LogP contribution in [0.1, 0.15) is 31.4 Å². The summed E-state index contributed by atoms with van der Waals surface area (Å²) in [6.07, 6.45) is 7.32. The number of hydrogen-bond donors (Lipinski definition) is 1. The number of hydrogen-bond acceptors (Lipinski definition) is 5. The quantitative estimate of drug-likeness (QED) is 0.861. The fourth-order valence-corrected chi connectivity index (χ4v) is 4.49. The summed E-state index contributed by atoms with van der Waals surface area (Å²) in [7, 11) is -3.55. The lowest BCUT2D eigenvalue weighted by molar-refractivity contribution is -0.126. The van der Waals surface area contributed by atoms with Crippen molar-refractivity contribution in [3.63, 3.8) is 0 Å². The first kappa shape index (κ1) is 18.5. The Hall–Kier alpha value is -2.32. The molecule has 0 radical (unpaired) electrons. The van der Waals surface area contributed by atoms with Crippen molar-refractivity contribution in [1.29, 1.82) is 0 Å². The van der Waals surface area contributed by atoms with Crippen molar-refractivity contribution in [2.75, 3.05) is 13.1 Å². The van der Waals surface area contributed by atoms with E-state index in [1.54, 1.807) is 24.7 Å². The van der Waals surface area contributed by atoms with Gasteiger partial charge in [-0.2, -0.15) is 4.31 Å². The topological polar surface area (TPSA) is 92.3 Å². The number of rotatable bonds is 5. The molecular weight excluding hydrogens is 352 g/mol. The second-order valence-electron chi connectivity index (χ2n) is 6.38. The molecule has 3 rings (SSSR count). The average Bonchev–Trinajstić information content (AvgIpc) is 2.69. The highest BCUT2D eigenvalue weighted by molar-refractivity contribution is 7.89. The molecule has 0 bridgehead atoms. The van der Waals surface area contributed by atoms with E-state index in [2.05, 4.69) is 15.3 Å². The highest BCUT2D eigenvalue weighted by Gasteiger charge is 2.32. The Morgan fingerprint density at radius 1 is 1.15 bits per heavy atom. The van der Waals surface area contributed by atoms with E-state index in [1.807, 2.05) is 19.1 Å². The van der Waals surface area contributed by atoms with Crippen LogP contribution in [0.2, 0.25) is 0 Å². The molecule has 1 atom stereocenters. The number of carbonyl (C=O) groups excluding carboxylic acids is 1. The Balaban J connectivity index is 1.57. The zero-order valence-corrected chi connectivity index (χ0v) is 15.4. The van der Waals surface area contributed by atoms with Gasteiger partial charge < -0.3 is 5.32 Å². The van der Waals surface area contributed by atoms with Gasteiger partial charge in [0.2, 0.25) is 15.9 Å². The van der Waals surface area contributed by atoms with Gasteiger partial charge >= 0.3 is 0 Å². The molecule has 8 heteroatoms. The average molecular weight is 374 g/mol. The molecule has 2 aromatic heterocycles. The van der Waals surface area contributed by atoms with E-state index in [0.29, 0.717) is 25.9 Å². The molecule has 1 unspecified atom stereocenters. The molecular formula is C18H22N4O3S. The van der Waals surface area contributed by atoms with Crippen molar-refractivity contribution < 1.29 is 13.2 Å². The SMILES string of the molecule is CC(NC(=O)C1CCN(S(=O)(=O)c2cccnc2)CC1)c1cccnc1. The molecule has 26 heavy (non-hydrogen) atoms. The van der Waals surface area contributed by atoms with Gasteiger partial charge in [-0.25, -0.2) is 8.42 Å². The van der Waals surface area contributed by atoms with Crippen LogP contribution in [0, 0.1) is 5.92 Å². The maximum Gasteiger partial charge on any atom is 0.244 e. The molecule has 0 saturated carbocycles. The minimum absolute atomic E-state index is 0.0419. The van der Waals surface area contributed by atoms with E-state index in [4.69, 9.17) is 0 Å². The number of sulfonamides is 1. The van der Waals surface area contributed by atoms with Crippen molar-refractivity contribution in [2.45, 2.75) is 30.7 Å². The maximum atomic E-state index is 12.6. The second-order valence-corrected chi connectivity index (χ2v) is 8.32. The minimum Gasteiger partial charge on any atom is -0.349 e. The Bertz CT molecular complexity index is 835. The van der Waals surface area contributed by atoms with E-state index < -0.39 is 10.0 Å². The number of amides is 1. The Kier molecular flexibility index (Phi) is 5.63. The molecule has 1 fully saturated rings. The van der Waals surface area contributed by atoms with Gasteiger partial charge in [0.25, 0.3) is 0 Å². The van der Waals surface area contributed by atoms with Crippen molar-refractivity contribution >= 4 is 15.9 Å². The summed E-state index contributed by atoms with van der Waals surface area (Å²) in [5.41, 5.74) is 0.942. The lowest BCUT2D eigenvalue weighted by atomic mass is 9.96. The first-order valence-electron chi connectivity index (χ1n) is 8.59. The standard InChI is InChI=1S/C18H22N4O3S/c1-14(16-4-2-8-19-12-16)21-18(23)15-6-10-22(11-7-15)26(24,25)17-5-3-9-20-13-17/h2-5,8-9,12-15H,6-7,10-11H2,1H3,(H,21,23). The number of carbonyl (C=O) groups is 1. The summed E-state index contributed by atoms with van der Waals surface area (Å²) in [6.45, 7) is 2.57. The molecule has 0 aromatic carbocycles. The van der Waals surface area contributed by atoms with Gasteiger partial charge in [-0.3, -0.25) is 14.8 Å². The van der Waals surface area contributed by atoms with E-state index in [0.717, 1.165) is 5.56 Å². The third kappa shape index (κ3) is 4.08. The lowest BCUT2D eigenvalue weighted by Crippen LogP contribution is -2.43. The van der Waals surface area contributed by atoms with Crippen molar-refractivity contribution in [2.24, 2.45) is 5.92 Å². The normalized spacial score (nSPS) is 17.6. The highest BCUT2D eigenvalue weighted by Crippen LogP contribution is 2.24. The van der Waals surface area contributed by atoms with E-state index in [-0.39, 0.29) is 22.8 Å². The summed E-state index contributed by atoms with van der Waals surface area (Å²) in [6, 6.07) is 6.76. The molecule has 0 aliphatic carbocycles. The number of nitrogens with zero attached hydrogens (tertiary/aromatic N) is 3. The third-order valence-electron chi connectivity index (χ3n) is 4.64. The van der Waals surface area contributed by atoms with Crippen LogP contribution in [-0.2, 0) is 14.8 Å². The van der Waals surface area contributed by atoms with Crippen LogP contribution in [0.3, 0.4) is 0 Å². The van der Waals surface area contributed by atoms with Gasteiger partial charge in [-0.15, -0.1) is 0 Å². The summed E-state index contributed by atoms with van der Waals surface area (Å²) in [5, 5.41) is 2.99. The first-order valence-corrected chi connectivity index (χ1v) is 10.0. The van der Waals surface area contributed by atoms with E-state index in [1.165, 1.54) is 16.6 Å². The predicted octanol–water partition coefficient (Wildman–Crippen LogP) is 1.75. The molecule has 1 amide bonds. The summed E-state index contributed by atoms with van der Waals surface area (Å²) >= 11 is 0. The smallest absolute Gasteiger partial charge is 0.244 e. The van der Waals surface area contributed by atoms with Crippen molar-refractivity contribution in [3.05, 3.63) is 54.6 Å². The Labute approximate surface area is 153 Å². The summed E-state index contributed by atoms with van der Waals surface area (Å²) in [5.74, 6) is -0.228. The molecule has 1 saturated heterocycles. The third-order valence-corrected chi connectivity index (χ3v) is 6.52. The van der Waals surface area contributed by atoms with E-state index >= 15 is 0 Å². The van der Waals surface area contributed by atoms with Crippen LogP contribution in [0.25, 0.3) is 0 Å². The summed E-state index contributed by atoms with van der Waals surface area (Å²) in [4.78, 5) is 20.6. The first-order chi connectivity index (χ1) is 12.5. The fourth-order valence-electron chi connectivity index (χ4n) is 3.05. The van der Waals surface area contributed by atoms with Crippen LogP contribution in [0.5, 0.6) is 0 Å². The molecule has 138 valence electrons. The number of piperidine rings is 1. The van der Waals surface area contributed by atoms with Crippen LogP contribution >= 0.6 is 0 Å². The molecule has 2 aromatic rings. The van der Waals surface area contributed by atoms with Crippen LogP contribution < -0.4 is 5.32 Å². The number of nitrogens with one attached hydrogen (secondary N) is 1. The van der Waals surface area contributed by atoms with Crippen LogP contribution in [0.4, 0.5) is 0 Å². The minimum atomic E-state index is -3.55. The highest BCUT2D eigenvalue weighted by atomic mass is 32.2. The van der Waals surface area contributed by atoms with E-state index in [9.17, 15) is 13.2 Å². The second kappa shape index (κ2) is 7.92. The van der Waals surface area contributed by atoms with Gasteiger partial charge in [0.1, 0.15) is 4.90 Å². The monoisotopic (exact) mass is 374 g/mol. The fraction of sp³-hybridized carbons (Fsp3) is 0.389. The lowest BCUT2D eigenvalue weighted by Gasteiger charge is -2.31. The van der Waals surface area contributed by atoms with Gasteiger partial charge in [0, 0.05) is 43.8 Å². The molecule has 1 aliphatic heterocycles. The largest absolute Gasteiger partial charge is 0.349 e. The number of pyridine rings is 2. The molecule has 3 heterocycles. The number of aromatic nitrogens is 2. The zero-order valence-electron chi connectivity index (χ0n) is 14.6. The van der Waals surface area contributed by atoms with Crippen molar-refractivity contribution in [3.8, 4) is 0 Å². The van der Waals surface area contributed by atoms with Crippen molar-refractivity contribution in [1.82, 2.24) is 19.6 Å². The maximum absolute atomic E-state index is 12.6. The van der Waals surface area contributed by atoms with Gasteiger partial charge in [0.15, 0.2) is 0 Å². The Morgan fingerprint density at radius 3 is 2.38 bits per heavy atom. The molecule has 7 nitrogen and oxygen atoms in total. The summed E-state index contributed by atoms with van der Waals surface area (Å²) < 4.78 is 26.6. The Morgan fingerprint density at radius 2 is 1.81 bits per heavy atom. The molecule has 1 N–H and O–H groups in total. The predicted molar refractivity (Wildman–Crippen MR) is 96.5 cm³/mol. The zero-order chi connectivity index (χ0) is 18.6. The van der Waals surface area contributed by atoms with Crippen LogP contribution in [0.15, 0.2) is 53.9 Å². The van der Waals surface area contributed by atoms with Crippen LogP contribution in [-0.4, -0.2) is 41.7 Å². The van der Waals surface area contributed by atoms with Gasteiger partial charge in [-0.1, -0.05) is 6.07 Å². The van der Waals surface area contributed by atoms with Gasteiger partial charge in [-0.05, 0) is 43.5 Å². The molecule has 1 aliphatic rings. The van der Waals surface area contributed by atoms with Gasteiger partial charge in [0.05, 0.1) is 6.04 Å². The molecule has 0 spiro atoms.